The number of epoxide rings is 1. The van der Waals surface area contributed by atoms with Crippen LogP contribution >= 0.6 is 0 Å². The summed E-state index contributed by atoms with van der Waals surface area (Å²) in [5.41, 5.74) is 0. The lowest BCUT2D eigenvalue weighted by Gasteiger charge is -2.30. The van der Waals surface area contributed by atoms with E-state index in [-0.39, 0.29) is 12.7 Å². The van der Waals surface area contributed by atoms with Gasteiger partial charge in [0.25, 0.3) is 0 Å². The van der Waals surface area contributed by atoms with Crippen LogP contribution in [0.1, 0.15) is 71.1 Å². The first kappa shape index (κ1) is 24.8. The van der Waals surface area contributed by atoms with Crippen LogP contribution in [0.3, 0.4) is 0 Å². The molecule has 0 saturated carbocycles. The summed E-state index contributed by atoms with van der Waals surface area (Å²) in [5, 5.41) is 0. The highest BCUT2D eigenvalue weighted by molar-refractivity contribution is 4.67. The van der Waals surface area contributed by atoms with Crippen molar-refractivity contribution in [3.05, 3.63) is 0 Å². The highest BCUT2D eigenvalue weighted by atomic mass is 16.9. The summed E-state index contributed by atoms with van der Waals surface area (Å²) < 4.78 is 32.9. The molecule has 27 heavy (non-hydrogen) atoms. The van der Waals surface area contributed by atoms with E-state index < -0.39 is 5.97 Å². The third-order valence-corrected chi connectivity index (χ3v) is 5.08. The molecule has 0 N–H and O–H groups in total. The Morgan fingerprint density at radius 2 is 1.48 bits per heavy atom. The molecule has 0 aromatic rings. The highest BCUT2D eigenvalue weighted by Gasteiger charge is 2.31. The molecular weight excluding hydrogens is 348 g/mol. The molecule has 6 heteroatoms. The molecule has 6 nitrogen and oxygen atoms in total. The van der Waals surface area contributed by atoms with Crippen LogP contribution < -0.4 is 0 Å². The van der Waals surface area contributed by atoms with Gasteiger partial charge in [0.05, 0.1) is 19.3 Å². The van der Waals surface area contributed by atoms with E-state index >= 15 is 0 Å². The van der Waals surface area contributed by atoms with Gasteiger partial charge >= 0.3 is 5.97 Å². The van der Waals surface area contributed by atoms with Gasteiger partial charge in [0.1, 0.15) is 12.7 Å². The Kier molecular flexibility index (Phi) is 14.4. The Morgan fingerprint density at radius 3 is 2.07 bits per heavy atom. The van der Waals surface area contributed by atoms with Crippen LogP contribution in [-0.4, -0.2) is 65.9 Å². The third kappa shape index (κ3) is 12.0. The summed E-state index contributed by atoms with van der Waals surface area (Å²) in [7, 11) is 4.69. The topological polar surface area (TPSA) is 58.7 Å². The molecule has 162 valence electrons. The smallest absolute Gasteiger partial charge is 0.307 e. The maximum atomic E-state index is 6.11. The van der Waals surface area contributed by atoms with E-state index in [1.807, 2.05) is 0 Å². The molecule has 0 amide bonds. The Morgan fingerprint density at radius 1 is 0.889 bits per heavy atom. The standard InChI is InChI=1S/C21H42O6/c1-5-6-7-8-9-10-11-13-19(14-12-15-25-16-20-17-26-20)27-18-21(22-2,23-3)24-4/h19-20H,5-18H2,1-4H3. The van der Waals surface area contributed by atoms with Gasteiger partial charge in [-0.25, -0.2) is 0 Å². The van der Waals surface area contributed by atoms with Gasteiger partial charge < -0.3 is 28.4 Å². The summed E-state index contributed by atoms with van der Waals surface area (Å²) in [6, 6.07) is 0. The molecule has 1 aliphatic rings. The van der Waals surface area contributed by atoms with Gasteiger partial charge in [-0.1, -0.05) is 51.9 Å². The van der Waals surface area contributed by atoms with Crippen molar-refractivity contribution >= 4 is 0 Å². The van der Waals surface area contributed by atoms with Crippen LogP contribution in [0.25, 0.3) is 0 Å². The molecule has 1 aliphatic heterocycles. The molecule has 0 bridgehead atoms. The van der Waals surface area contributed by atoms with Crippen LogP contribution in [0.4, 0.5) is 0 Å². The lowest BCUT2D eigenvalue weighted by Crippen LogP contribution is -2.42. The lowest BCUT2D eigenvalue weighted by atomic mass is 10.0. The minimum Gasteiger partial charge on any atom is -0.379 e. The minimum absolute atomic E-state index is 0.168. The molecule has 1 fully saturated rings. The fraction of sp³-hybridized carbons (Fsp3) is 1.00. The van der Waals surface area contributed by atoms with E-state index in [9.17, 15) is 0 Å². The Hall–Kier alpha value is -0.240. The molecule has 0 radical (unpaired) electrons. The van der Waals surface area contributed by atoms with Crippen LogP contribution in [0.2, 0.25) is 0 Å². The molecule has 2 unspecified atom stereocenters. The predicted octanol–water partition coefficient (Wildman–Crippen LogP) is 4.30. The molecule has 0 spiro atoms. The summed E-state index contributed by atoms with van der Waals surface area (Å²) >= 11 is 0. The summed E-state index contributed by atoms with van der Waals surface area (Å²) in [4.78, 5) is 0. The highest BCUT2D eigenvalue weighted by Crippen LogP contribution is 2.19. The van der Waals surface area contributed by atoms with Crippen molar-refractivity contribution in [1.29, 1.82) is 0 Å². The van der Waals surface area contributed by atoms with Crippen molar-refractivity contribution in [3.8, 4) is 0 Å². The second-order valence-electron chi connectivity index (χ2n) is 7.31. The van der Waals surface area contributed by atoms with E-state index in [0.29, 0.717) is 12.7 Å². The van der Waals surface area contributed by atoms with Gasteiger partial charge in [0.2, 0.25) is 0 Å². The molecule has 1 heterocycles. The molecule has 1 saturated heterocycles. The number of unbranched alkanes of at least 4 members (excludes halogenated alkanes) is 6. The molecule has 0 aliphatic carbocycles. The quantitative estimate of drug-likeness (QED) is 0.175. The summed E-state index contributed by atoms with van der Waals surface area (Å²) in [6.45, 7) is 4.82. The fourth-order valence-corrected chi connectivity index (χ4v) is 3.08. The van der Waals surface area contributed by atoms with E-state index in [1.165, 1.54) is 44.9 Å². The van der Waals surface area contributed by atoms with Gasteiger partial charge in [0.15, 0.2) is 0 Å². The average molecular weight is 391 g/mol. The molecule has 1 rings (SSSR count). The second-order valence-corrected chi connectivity index (χ2v) is 7.31. The van der Waals surface area contributed by atoms with Crippen LogP contribution in [0, 0.1) is 0 Å². The average Bonchev–Trinajstić information content (AvgIpc) is 3.52. The Balaban J connectivity index is 2.25. The van der Waals surface area contributed by atoms with Crippen LogP contribution in [-0.2, 0) is 28.4 Å². The summed E-state index contributed by atoms with van der Waals surface area (Å²) in [6.07, 6.45) is 12.6. The molecule has 0 aromatic heterocycles. The van der Waals surface area contributed by atoms with Crippen molar-refractivity contribution in [1.82, 2.24) is 0 Å². The number of rotatable bonds is 20. The lowest BCUT2D eigenvalue weighted by molar-refractivity contribution is -0.371. The number of ether oxygens (including phenoxy) is 6. The van der Waals surface area contributed by atoms with E-state index in [2.05, 4.69) is 6.92 Å². The van der Waals surface area contributed by atoms with Crippen molar-refractivity contribution in [2.24, 2.45) is 0 Å². The number of hydrogen-bond acceptors (Lipinski definition) is 6. The largest absolute Gasteiger partial charge is 0.379 e. The number of hydrogen-bond donors (Lipinski definition) is 0. The fourth-order valence-electron chi connectivity index (χ4n) is 3.08. The van der Waals surface area contributed by atoms with Crippen molar-refractivity contribution in [2.75, 3.05) is 47.8 Å². The maximum Gasteiger partial charge on any atom is 0.307 e. The second kappa shape index (κ2) is 15.7. The molecular formula is C21H42O6. The SMILES string of the molecule is CCCCCCCCCC(CCCOCC1CO1)OCC(OC)(OC)OC. The van der Waals surface area contributed by atoms with Crippen LogP contribution in [0.5, 0.6) is 0 Å². The van der Waals surface area contributed by atoms with Crippen molar-refractivity contribution < 1.29 is 28.4 Å². The van der Waals surface area contributed by atoms with E-state index in [4.69, 9.17) is 28.4 Å². The zero-order valence-electron chi connectivity index (χ0n) is 18.0. The van der Waals surface area contributed by atoms with Gasteiger partial charge in [-0.15, -0.1) is 0 Å². The Bertz CT molecular complexity index is 322. The van der Waals surface area contributed by atoms with Crippen molar-refractivity contribution in [2.45, 2.75) is 89.3 Å². The first-order valence-electron chi connectivity index (χ1n) is 10.7. The summed E-state index contributed by atoms with van der Waals surface area (Å²) in [5.74, 6) is -1.13. The maximum absolute atomic E-state index is 6.11. The van der Waals surface area contributed by atoms with Gasteiger partial charge in [-0.05, 0) is 19.3 Å². The zero-order chi connectivity index (χ0) is 19.8. The predicted molar refractivity (Wildman–Crippen MR) is 106 cm³/mol. The molecule has 0 aromatic carbocycles. The minimum atomic E-state index is -1.13. The monoisotopic (exact) mass is 390 g/mol. The normalized spacial score (nSPS) is 18.0. The zero-order valence-corrected chi connectivity index (χ0v) is 18.0. The van der Waals surface area contributed by atoms with Gasteiger partial charge in [0, 0.05) is 27.9 Å². The van der Waals surface area contributed by atoms with Crippen LogP contribution in [0.15, 0.2) is 0 Å². The number of methoxy groups -OCH3 is 3. The first-order chi connectivity index (χ1) is 13.2. The first-order valence-corrected chi connectivity index (χ1v) is 10.7. The van der Waals surface area contributed by atoms with Gasteiger partial charge in [-0.2, -0.15) is 0 Å². The molecule has 2 atom stereocenters. The third-order valence-electron chi connectivity index (χ3n) is 5.08. The van der Waals surface area contributed by atoms with E-state index in [0.717, 1.165) is 32.5 Å². The van der Waals surface area contributed by atoms with Crippen molar-refractivity contribution in [3.63, 3.8) is 0 Å². The Labute approximate surface area is 166 Å². The van der Waals surface area contributed by atoms with E-state index in [1.54, 1.807) is 21.3 Å². The van der Waals surface area contributed by atoms with Gasteiger partial charge in [-0.3, -0.25) is 0 Å².